The van der Waals surface area contributed by atoms with Crippen molar-refractivity contribution in [1.82, 2.24) is 9.13 Å². The highest BCUT2D eigenvalue weighted by molar-refractivity contribution is 6.17. The molecule has 2 nitrogen and oxygen atoms in total. The molecule has 12 aromatic rings. The van der Waals surface area contributed by atoms with Gasteiger partial charge in [0.2, 0.25) is 0 Å². The summed E-state index contributed by atoms with van der Waals surface area (Å²) in [5.41, 5.74) is 31.7. The molecule has 0 saturated carbocycles. The van der Waals surface area contributed by atoms with Gasteiger partial charge in [0.25, 0.3) is 0 Å². The Hall–Kier alpha value is -9.24. The summed E-state index contributed by atoms with van der Waals surface area (Å²) >= 11 is 0. The van der Waals surface area contributed by atoms with E-state index in [1.54, 1.807) is 0 Å². The summed E-state index contributed by atoms with van der Waals surface area (Å²) in [7, 11) is 0. The van der Waals surface area contributed by atoms with Gasteiger partial charge >= 0.3 is 0 Å². The van der Waals surface area contributed by atoms with E-state index < -0.39 is 0 Å². The molecule has 2 aromatic heterocycles. The number of aryl methyl sites for hydroxylation is 4. The van der Waals surface area contributed by atoms with Gasteiger partial charge in [0, 0.05) is 32.9 Å². The molecule has 78 heavy (non-hydrogen) atoms. The zero-order valence-electron chi connectivity index (χ0n) is 43.6. The lowest BCUT2D eigenvalue weighted by atomic mass is 9.74. The van der Waals surface area contributed by atoms with Gasteiger partial charge in [-0.25, -0.2) is 0 Å². The first kappa shape index (κ1) is 45.0. The van der Waals surface area contributed by atoms with Gasteiger partial charge in [0.05, 0.1) is 22.1 Å². The largest absolute Gasteiger partial charge is 0.309 e. The van der Waals surface area contributed by atoms with E-state index in [2.05, 4.69) is 252 Å². The van der Waals surface area contributed by atoms with Crippen molar-refractivity contribution in [3.8, 4) is 67.0 Å². The van der Waals surface area contributed by atoms with Gasteiger partial charge in [-0.05, 0) is 224 Å². The third-order valence-corrected chi connectivity index (χ3v) is 17.5. The topological polar surface area (TPSA) is 9.86 Å². The molecule has 4 aliphatic rings. The van der Waals surface area contributed by atoms with Crippen LogP contribution in [0, 0.1) is 0 Å². The Morgan fingerprint density at radius 3 is 1.27 bits per heavy atom. The Bertz CT molecular complexity index is 4500. The Labute approximate surface area is 455 Å². The van der Waals surface area contributed by atoms with Crippen molar-refractivity contribution in [3.63, 3.8) is 0 Å². The molecule has 0 atom stereocenters. The highest BCUT2D eigenvalue weighted by Crippen LogP contribution is 2.52. The number of benzene rings is 10. The molecule has 370 valence electrons. The van der Waals surface area contributed by atoms with Crippen LogP contribution in [0.5, 0.6) is 0 Å². The minimum Gasteiger partial charge on any atom is -0.309 e. The van der Waals surface area contributed by atoms with E-state index in [1.807, 2.05) is 0 Å². The molecule has 0 saturated heterocycles. The van der Waals surface area contributed by atoms with E-state index in [9.17, 15) is 0 Å². The molecular weight excluding hydrogens is 941 g/mol. The molecular formula is C76H56N2. The maximum Gasteiger partial charge on any atom is 0.0579 e. The van der Waals surface area contributed by atoms with Crippen LogP contribution in [0.15, 0.2) is 243 Å². The van der Waals surface area contributed by atoms with Gasteiger partial charge < -0.3 is 9.13 Å². The van der Waals surface area contributed by atoms with Crippen molar-refractivity contribution < 1.29 is 0 Å². The summed E-state index contributed by atoms with van der Waals surface area (Å²) in [6.07, 6.45) is 22.2. The maximum atomic E-state index is 2.68. The highest BCUT2D eigenvalue weighted by Gasteiger charge is 2.33. The standard InChI is InChI=1S/C76H56N2/c1-7-19-49(20-8-1)55-33-37-71-67(45-55)69-47-57-31-36-66-74-58(32-35-65(73(57)74)75(69)77(71)63-41-59(51-23-11-3-12-24-51)39-60(42-63)52-25-13-4-14-26-52)48-70-68-46-56(50-21-9-2-10-22-50)34-38-72(68)78(76(66)70)64-43-61(53-27-15-5-16-28-53)40-62(44-64)54-29-17-6-18-30-54/h1-5,7-15,17,19-27,29-30,33-34,37-48H,6,16,18,28,31-32,35-36H2. The lowest BCUT2D eigenvalue weighted by Crippen LogP contribution is -2.16. The number of nitrogens with zero attached hydrogens (tertiary/aromatic N) is 2. The van der Waals surface area contributed by atoms with Gasteiger partial charge in [-0.15, -0.1) is 0 Å². The Morgan fingerprint density at radius 2 is 0.795 bits per heavy atom. The van der Waals surface area contributed by atoms with Crippen molar-refractivity contribution in [2.75, 3.05) is 0 Å². The number of fused-ring (bicyclic) bond motifs is 8. The van der Waals surface area contributed by atoms with Gasteiger partial charge in [-0.2, -0.15) is 0 Å². The summed E-state index contributed by atoms with van der Waals surface area (Å²) in [6.45, 7) is 0. The smallest absolute Gasteiger partial charge is 0.0579 e. The van der Waals surface area contributed by atoms with Crippen LogP contribution in [0.4, 0.5) is 0 Å². The van der Waals surface area contributed by atoms with Crippen molar-refractivity contribution >= 4 is 54.8 Å². The van der Waals surface area contributed by atoms with E-state index in [-0.39, 0.29) is 0 Å². The zero-order chi connectivity index (χ0) is 51.3. The number of rotatable bonds is 8. The van der Waals surface area contributed by atoms with Crippen LogP contribution in [-0.4, -0.2) is 9.13 Å². The Morgan fingerprint density at radius 1 is 0.321 bits per heavy atom. The van der Waals surface area contributed by atoms with Crippen LogP contribution in [0.1, 0.15) is 59.1 Å². The molecule has 4 aliphatic carbocycles. The molecule has 10 aromatic carbocycles. The number of hydrogen-bond donors (Lipinski definition) is 0. The summed E-state index contributed by atoms with van der Waals surface area (Å²) in [6, 6.07) is 78.1. The van der Waals surface area contributed by atoms with Crippen LogP contribution < -0.4 is 0 Å². The predicted octanol–water partition coefficient (Wildman–Crippen LogP) is 19.9. The average Bonchev–Trinajstić information content (AvgIpc) is 4.16. The van der Waals surface area contributed by atoms with Crippen molar-refractivity contribution in [2.24, 2.45) is 0 Å². The second-order valence-electron chi connectivity index (χ2n) is 22.0. The first-order valence-electron chi connectivity index (χ1n) is 28.2. The third kappa shape index (κ3) is 7.31. The van der Waals surface area contributed by atoms with E-state index in [1.165, 1.54) is 155 Å². The highest BCUT2D eigenvalue weighted by atomic mass is 15.0. The molecule has 0 N–H and O–H groups in total. The predicted molar refractivity (Wildman–Crippen MR) is 330 cm³/mol. The van der Waals surface area contributed by atoms with Gasteiger partial charge in [0.1, 0.15) is 0 Å². The minimum atomic E-state index is 0.967. The lowest BCUT2D eigenvalue weighted by Gasteiger charge is -2.31. The molecule has 0 bridgehead atoms. The van der Waals surface area contributed by atoms with Crippen LogP contribution in [0.25, 0.3) is 122 Å². The first-order chi connectivity index (χ1) is 38.7. The molecule has 0 aliphatic heterocycles. The Kier molecular flexibility index (Phi) is 10.5. The summed E-state index contributed by atoms with van der Waals surface area (Å²) in [5.74, 6) is 0. The summed E-state index contributed by atoms with van der Waals surface area (Å²) < 4.78 is 5.32. The SMILES string of the molecule is C1=CCCC(c2cc(C3=CCCC=C3)cc(-n3c4ccc(-c5ccccc5)cc4c4cc5c6c(c43)CCc3cc4c7cc(-c8ccccc8)ccc7n(-c7cc(-c8ccccc8)cc(-c8ccccc8)c7)c4c(c3-6)CC5)c2)=C1. The lowest BCUT2D eigenvalue weighted by molar-refractivity contribution is 0.883. The van der Waals surface area contributed by atoms with Crippen LogP contribution >= 0.6 is 0 Å². The summed E-state index contributed by atoms with van der Waals surface area (Å²) in [5, 5.41) is 5.34. The summed E-state index contributed by atoms with van der Waals surface area (Å²) in [4.78, 5) is 0. The average molecular weight is 997 g/mol. The van der Waals surface area contributed by atoms with Crippen molar-refractivity contribution in [1.29, 1.82) is 0 Å². The number of allylic oxidation sites excluding steroid dienone is 8. The normalized spacial score (nSPS) is 14.6. The number of aromatic nitrogens is 2. The first-order valence-corrected chi connectivity index (χ1v) is 28.2. The molecule has 0 fully saturated rings. The molecule has 2 heteroatoms. The fourth-order valence-electron chi connectivity index (χ4n) is 13.9. The van der Waals surface area contributed by atoms with Gasteiger partial charge in [-0.1, -0.05) is 170 Å². The molecule has 16 rings (SSSR count). The van der Waals surface area contributed by atoms with E-state index >= 15 is 0 Å². The second kappa shape index (κ2) is 18.2. The quantitative estimate of drug-likeness (QED) is 0.144. The fraction of sp³-hybridized carbons (Fsp3) is 0.105. The van der Waals surface area contributed by atoms with Crippen LogP contribution in [0.3, 0.4) is 0 Å². The van der Waals surface area contributed by atoms with Crippen LogP contribution in [0.2, 0.25) is 0 Å². The molecule has 0 spiro atoms. The molecule has 0 amide bonds. The minimum absolute atomic E-state index is 0.967. The van der Waals surface area contributed by atoms with Gasteiger partial charge in [-0.3, -0.25) is 0 Å². The maximum absolute atomic E-state index is 2.68. The Balaban J connectivity index is 0.992. The van der Waals surface area contributed by atoms with E-state index in [4.69, 9.17) is 0 Å². The molecule has 2 heterocycles. The monoisotopic (exact) mass is 996 g/mol. The van der Waals surface area contributed by atoms with Crippen LogP contribution in [-0.2, 0) is 25.7 Å². The van der Waals surface area contributed by atoms with E-state index in [0.29, 0.717) is 0 Å². The van der Waals surface area contributed by atoms with E-state index in [0.717, 1.165) is 51.4 Å². The third-order valence-electron chi connectivity index (χ3n) is 17.5. The molecule has 0 unspecified atom stereocenters. The van der Waals surface area contributed by atoms with Gasteiger partial charge in [0.15, 0.2) is 0 Å². The fourth-order valence-corrected chi connectivity index (χ4v) is 13.9. The second-order valence-corrected chi connectivity index (χ2v) is 22.0. The zero-order valence-corrected chi connectivity index (χ0v) is 43.6. The van der Waals surface area contributed by atoms with Crippen molar-refractivity contribution in [2.45, 2.75) is 51.4 Å². The van der Waals surface area contributed by atoms with Crippen molar-refractivity contribution in [3.05, 3.63) is 276 Å². The number of hydrogen-bond acceptors (Lipinski definition) is 0. The molecule has 0 radical (unpaired) electrons.